The number of benzene rings is 1. The molecule has 108 valence electrons. The fourth-order valence-electron chi connectivity index (χ4n) is 2.28. The summed E-state index contributed by atoms with van der Waals surface area (Å²) in [6.45, 7) is 10.6. The Balaban J connectivity index is 2.91. The van der Waals surface area contributed by atoms with Crippen LogP contribution in [0.3, 0.4) is 0 Å². The first-order chi connectivity index (χ1) is 8.69. The summed E-state index contributed by atoms with van der Waals surface area (Å²) in [7, 11) is 2.01. The van der Waals surface area contributed by atoms with E-state index in [1.165, 1.54) is 5.56 Å². The second-order valence-corrected chi connectivity index (χ2v) is 6.86. The molecule has 2 atom stereocenters. The van der Waals surface area contributed by atoms with Crippen molar-refractivity contribution >= 4 is 0 Å². The molecule has 0 aliphatic rings. The van der Waals surface area contributed by atoms with Crippen molar-refractivity contribution in [2.45, 2.75) is 59.1 Å². The van der Waals surface area contributed by atoms with Crippen molar-refractivity contribution in [1.82, 2.24) is 5.32 Å². The van der Waals surface area contributed by atoms with E-state index < -0.39 is 5.60 Å². The molecule has 0 spiro atoms. The molecule has 2 unspecified atom stereocenters. The van der Waals surface area contributed by atoms with E-state index in [1.807, 2.05) is 33.0 Å². The SMILES string of the molecule is CCC(C)(O)c1ccc(C(CC(C)(C)C)NC)cc1. The number of aliphatic hydroxyl groups is 1. The Bertz CT molecular complexity index is 387. The van der Waals surface area contributed by atoms with Gasteiger partial charge in [-0.3, -0.25) is 0 Å². The van der Waals surface area contributed by atoms with Crippen LogP contribution in [0.15, 0.2) is 24.3 Å². The molecule has 0 aliphatic heterocycles. The second kappa shape index (κ2) is 6.06. The minimum atomic E-state index is -0.725. The Morgan fingerprint density at radius 2 is 1.63 bits per heavy atom. The van der Waals surface area contributed by atoms with Crippen LogP contribution in [0.5, 0.6) is 0 Å². The van der Waals surface area contributed by atoms with Gasteiger partial charge in [-0.15, -0.1) is 0 Å². The highest BCUT2D eigenvalue weighted by Gasteiger charge is 2.22. The maximum absolute atomic E-state index is 10.3. The molecule has 2 heteroatoms. The zero-order valence-corrected chi connectivity index (χ0v) is 13.2. The Labute approximate surface area is 118 Å². The fourth-order valence-corrected chi connectivity index (χ4v) is 2.28. The maximum Gasteiger partial charge on any atom is 0.0865 e. The summed E-state index contributed by atoms with van der Waals surface area (Å²) in [6.07, 6.45) is 1.82. The van der Waals surface area contributed by atoms with Crippen LogP contribution < -0.4 is 5.32 Å². The molecule has 0 amide bonds. The van der Waals surface area contributed by atoms with Gasteiger partial charge in [-0.25, -0.2) is 0 Å². The number of hydrogen-bond donors (Lipinski definition) is 2. The third-order valence-electron chi connectivity index (χ3n) is 3.79. The molecular formula is C17H29NO. The molecule has 0 fully saturated rings. The summed E-state index contributed by atoms with van der Waals surface area (Å²) in [5, 5.41) is 13.6. The van der Waals surface area contributed by atoms with E-state index in [9.17, 15) is 5.11 Å². The molecular weight excluding hydrogens is 234 g/mol. The van der Waals surface area contributed by atoms with Crippen LogP contribution in [0.25, 0.3) is 0 Å². The van der Waals surface area contributed by atoms with Crippen LogP contribution in [0.1, 0.15) is 64.6 Å². The fraction of sp³-hybridized carbons (Fsp3) is 0.647. The molecule has 2 N–H and O–H groups in total. The van der Waals surface area contributed by atoms with Crippen LogP contribution in [0, 0.1) is 5.41 Å². The van der Waals surface area contributed by atoms with Crippen LogP contribution in [0.4, 0.5) is 0 Å². The minimum absolute atomic E-state index is 0.293. The van der Waals surface area contributed by atoms with Gasteiger partial charge in [0.25, 0.3) is 0 Å². The van der Waals surface area contributed by atoms with Crippen LogP contribution >= 0.6 is 0 Å². The van der Waals surface area contributed by atoms with Crippen molar-refractivity contribution in [3.8, 4) is 0 Å². The summed E-state index contributed by atoms with van der Waals surface area (Å²) in [6, 6.07) is 8.72. The van der Waals surface area contributed by atoms with Crippen molar-refractivity contribution < 1.29 is 5.11 Å². The van der Waals surface area contributed by atoms with E-state index in [0.717, 1.165) is 18.4 Å². The van der Waals surface area contributed by atoms with E-state index in [2.05, 4.69) is 38.2 Å². The van der Waals surface area contributed by atoms with E-state index in [4.69, 9.17) is 0 Å². The lowest BCUT2D eigenvalue weighted by Crippen LogP contribution is -2.23. The standard InChI is InChI=1S/C17H29NO/c1-7-17(5,19)14-10-8-13(9-11-14)15(18-6)12-16(2,3)4/h8-11,15,18-19H,7,12H2,1-6H3. The first kappa shape index (κ1) is 16.2. The molecule has 1 aromatic rings. The molecule has 0 heterocycles. The van der Waals surface area contributed by atoms with Gasteiger partial charge in [0.1, 0.15) is 0 Å². The Morgan fingerprint density at radius 3 is 2.00 bits per heavy atom. The van der Waals surface area contributed by atoms with Gasteiger partial charge >= 0.3 is 0 Å². The monoisotopic (exact) mass is 263 g/mol. The number of nitrogens with one attached hydrogen (secondary N) is 1. The topological polar surface area (TPSA) is 32.3 Å². The zero-order valence-electron chi connectivity index (χ0n) is 13.2. The van der Waals surface area contributed by atoms with Gasteiger partial charge in [-0.1, -0.05) is 52.0 Å². The Morgan fingerprint density at radius 1 is 1.11 bits per heavy atom. The Hall–Kier alpha value is -0.860. The van der Waals surface area contributed by atoms with Crippen LogP contribution in [0.2, 0.25) is 0 Å². The van der Waals surface area contributed by atoms with Gasteiger partial charge in [0.2, 0.25) is 0 Å². The lowest BCUT2D eigenvalue weighted by molar-refractivity contribution is 0.0530. The van der Waals surface area contributed by atoms with Gasteiger partial charge in [0, 0.05) is 6.04 Å². The lowest BCUT2D eigenvalue weighted by atomic mass is 9.84. The molecule has 1 rings (SSSR count). The number of hydrogen-bond acceptors (Lipinski definition) is 2. The van der Waals surface area contributed by atoms with Crippen molar-refractivity contribution in [3.05, 3.63) is 35.4 Å². The number of rotatable bonds is 5. The third-order valence-corrected chi connectivity index (χ3v) is 3.79. The summed E-state index contributed by atoms with van der Waals surface area (Å²) >= 11 is 0. The van der Waals surface area contributed by atoms with Crippen LogP contribution in [-0.2, 0) is 5.60 Å². The quantitative estimate of drug-likeness (QED) is 0.841. The zero-order chi connectivity index (χ0) is 14.7. The molecule has 0 aliphatic carbocycles. The predicted octanol–water partition coefficient (Wildman–Crippen LogP) is 4.00. The second-order valence-electron chi connectivity index (χ2n) is 6.86. The van der Waals surface area contributed by atoms with Crippen molar-refractivity contribution in [1.29, 1.82) is 0 Å². The van der Waals surface area contributed by atoms with Gasteiger partial charge in [0.05, 0.1) is 5.60 Å². The molecule has 0 aromatic heterocycles. The largest absolute Gasteiger partial charge is 0.385 e. The van der Waals surface area contributed by atoms with Crippen molar-refractivity contribution in [3.63, 3.8) is 0 Å². The normalized spacial score (nSPS) is 17.0. The maximum atomic E-state index is 10.3. The highest BCUT2D eigenvalue weighted by atomic mass is 16.3. The molecule has 2 nitrogen and oxygen atoms in total. The molecule has 0 saturated carbocycles. The average molecular weight is 263 g/mol. The highest BCUT2D eigenvalue weighted by molar-refractivity contribution is 5.28. The molecule has 0 saturated heterocycles. The highest BCUT2D eigenvalue weighted by Crippen LogP contribution is 2.31. The summed E-state index contributed by atoms with van der Waals surface area (Å²) in [5.74, 6) is 0. The van der Waals surface area contributed by atoms with Crippen LogP contribution in [-0.4, -0.2) is 12.2 Å². The first-order valence-electron chi connectivity index (χ1n) is 7.19. The smallest absolute Gasteiger partial charge is 0.0865 e. The summed E-state index contributed by atoms with van der Waals surface area (Å²) in [5.41, 5.74) is 1.84. The van der Waals surface area contributed by atoms with Crippen molar-refractivity contribution in [2.75, 3.05) is 7.05 Å². The lowest BCUT2D eigenvalue weighted by Gasteiger charge is -2.27. The van der Waals surface area contributed by atoms with Gasteiger partial charge < -0.3 is 10.4 Å². The first-order valence-corrected chi connectivity index (χ1v) is 7.19. The van der Waals surface area contributed by atoms with Gasteiger partial charge in [-0.05, 0) is 43.4 Å². The molecule has 0 radical (unpaired) electrons. The van der Waals surface area contributed by atoms with E-state index in [1.54, 1.807) is 0 Å². The van der Waals surface area contributed by atoms with Gasteiger partial charge in [0.15, 0.2) is 0 Å². The van der Waals surface area contributed by atoms with E-state index in [-0.39, 0.29) is 0 Å². The molecule has 19 heavy (non-hydrogen) atoms. The molecule has 1 aromatic carbocycles. The van der Waals surface area contributed by atoms with Gasteiger partial charge in [-0.2, -0.15) is 0 Å². The third kappa shape index (κ3) is 4.63. The average Bonchev–Trinajstić information content (AvgIpc) is 2.35. The Kier molecular flexibility index (Phi) is 5.17. The summed E-state index contributed by atoms with van der Waals surface area (Å²) in [4.78, 5) is 0. The predicted molar refractivity (Wildman–Crippen MR) is 82.2 cm³/mol. The van der Waals surface area contributed by atoms with E-state index >= 15 is 0 Å². The van der Waals surface area contributed by atoms with E-state index in [0.29, 0.717) is 11.5 Å². The molecule has 0 bridgehead atoms. The summed E-state index contributed by atoms with van der Waals surface area (Å²) < 4.78 is 0. The van der Waals surface area contributed by atoms with Crippen molar-refractivity contribution in [2.24, 2.45) is 5.41 Å². The minimum Gasteiger partial charge on any atom is -0.385 e.